The van der Waals surface area contributed by atoms with Gasteiger partial charge in [0.25, 0.3) is 0 Å². The molecule has 1 aromatic rings. The second kappa shape index (κ2) is 6.00. The van der Waals surface area contributed by atoms with E-state index in [0.29, 0.717) is 4.47 Å². The van der Waals surface area contributed by atoms with Gasteiger partial charge in [0.2, 0.25) is 0 Å². The molecule has 106 valence electrons. The molecule has 0 saturated carbocycles. The molecule has 0 aromatic heterocycles. The first-order valence-corrected chi connectivity index (χ1v) is 8.04. The Morgan fingerprint density at radius 2 is 2.00 bits per heavy atom. The van der Waals surface area contributed by atoms with Crippen molar-refractivity contribution in [1.29, 1.82) is 0 Å². The zero-order valence-corrected chi connectivity index (χ0v) is 12.8. The fraction of sp³-hybridized carbons (Fsp3) is 0.417. The maximum absolute atomic E-state index is 13.6. The minimum absolute atomic E-state index is 0.0323. The number of hydrogen-bond donors (Lipinski definition) is 1. The molecule has 0 aliphatic carbocycles. The van der Waals surface area contributed by atoms with Crippen LogP contribution >= 0.6 is 15.9 Å². The molecule has 1 aromatic carbocycles. The largest absolute Gasteiger partial charge is 0.480 e. The van der Waals surface area contributed by atoms with Gasteiger partial charge < -0.3 is 5.11 Å². The number of carboxylic acids is 1. The lowest BCUT2D eigenvalue weighted by molar-refractivity contribution is -0.137. The molecular formula is C12H14BrFO4S. The standard InChI is InChI=1S/C12H14BrFO4S/c1-7(2)11(12(15)16)19(17,18)6-8-3-4-9(13)5-10(8)14/h3-5,7,11H,6H2,1-2H3,(H,15,16). The zero-order chi connectivity index (χ0) is 14.8. The fourth-order valence-electron chi connectivity index (χ4n) is 1.80. The van der Waals surface area contributed by atoms with Gasteiger partial charge in [-0.3, -0.25) is 4.79 Å². The van der Waals surface area contributed by atoms with E-state index in [-0.39, 0.29) is 5.56 Å². The van der Waals surface area contributed by atoms with Crippen molar-refractivity contribution in [3.63, 3.8) is 0 Å². The third-order valence-corrected chi connectivity index (χ3v) is 5.33. The molecule has 0 bridgehead atoms. The number of hydrogen-bond acceptors (Lipinski definition) is 3. The molecule has 0 amide bonds. The van der Waals surface area contributed by atoms with Gasteiger partial charge in [0, 0.05) is 10.0 Å². The second-order valence-corrected chi connectivity index (χ2v) is 7.58. The van der Waals surface area contributed by atoms with Gasteiger partial charge in [0.05, 0.1) is 5.75 Å². The van der Waals surface area contributed by atoms with Gasteiger partial charge in [-0.15, -0.1) is 0 Å². The fourth-order valence-corrected chi connectivity index (χ4v) is 4.12. The van der Waals surface area contributed by atoms with Crippen molar-refractivity contribution in [2.75, 3.05) is 0 Å². The van der Waals surface area contributed by atoms with Crippen molar-refractivity contribution in [2.24, 2.45) is 5.92 Å². The summed E-state index contributed by atoms with van der Waals surface area (Å²) in [6, 6.07) is 3.99. The van der Waals surface area contributed by atoms with E-state index in [1.54, 1.807) is 0 Å². The van der Waals surface area contributed by atoms with Crippen LogP contribution in [0.3, 0.4) is 0 Å². The van der Waals surface area contributed by atoms with E-state index in [0.717, 1.165) is 6.07 Å². The molecule has 1 unspecified atom stereocenters. The summed E-state index contributed by atoms with van der Waals surface area (Å²) in [5, 5.41) is 7.46. The third kappa shape index (κ3) is 4.01. The number of rotatable bonds is 5. The molecule has 0 spiro atoms. The van der Waals surface area contributed by atoms with Crippen molar-refractivity contribution in [2.45, 2.75) is 24.9 Å². The molecule has 0 saturated heterocycles. The van der Waals surface area contributed by atoms with Crippen LogP contribution in [0.1, 0.15) is 19.4 Å². The van der Waals surface area contributed by atoms with Crippen LogP contribution in [0.15, 0.2) is 22.7 Å². The lowest BCUT2D eigenvalue weighted by Crippen LogP contribution is -2.35. The lowest BCUT2D eigenvalue weighted by atomic mass is 10.1. The maximum Gasteiger partial charge on any atom is 0.322 e. The van der Waals surface area contributed by atoms with Gasteiger partial charge in [0.15, 0.2) is 15.1 Å². The van der Waals surface area contributed by atoms with Crippen LogP contribution in [0.25, 0.3) is 0 Å². The summed E-state index contributed by atoms with van der Waals surface area (Å²) in [5.74, 6) is -3.29. The second-order valence-electron chi connectivity index (χ2n) is 4.55. The first kappa shape index (κ1) is 16.1. The van der Waals surface area contributed by atoms with Crippen molar-refractivity contribution in [3.05, 3.63) is 34.1 Å². The molecule has 1 N–H and O–H groups in total. The minimum atomic E-state index is -3.96. The SMILES string of the molecule is CC(C)C(C(=O)O)S(=O)(=O)Cc1ccc(Br)cc1F. The summed E-state index contributed by atoms with van der Waals surface area (Å²) >= 11 is 3.07. The molecule has 7 heteroatoms. The number of carboxylic acid groups (broad SMARTS) is 1. The predicted molar refractivity (Wildman–Crippen MR) is 73.0 cm³/mol. The smallest absolute Gasteiger partial charge is 0.322 e. The molecule has 0 fully saturated rings. The normalized spacial score (nSPS) is 13.5. The van der Waals surface area contributed by atoms with Crippen LogP contribution in [-0.2, 0) is 20.4 Å². The van der Waals surface area contributed by atoms with Gasteiger partial charge in [-0.2, -0.15) is 0 Å². The van der Waals surface area contributed by atoms with Gasteiger partial charge in [-0.05, 0) is 18.1 Å². The Labute approximate surface area is 119 Å². The van der Waals surface area contributed by atoms with Crippen LogP contribution in [0, 0.1) is 11.7 Å². The predicted octanol–water partition coefficient (Wildman–Crippen LogP) is 2.61. The minimum Gasteiger partial charge on any atom is -0.480 e. The number of halogens is 2. The van der Waals surface area contributed by atoms with E-state index in [1.807, 2.05) is 0 Å². The molecule has 1 rings (SSSR count). The Kier molecular flexibility index (Phi) is 5.09. The van der Waals surface area contributed by atoms with Crippen molar-refractivity contribution in [3.8, 4) is 0 Å². The number of carbonyl (C=O) groups is 1. The molecule has 4 nitrogen and oxygen atoms in total. The molecule has 19 heavy (non-hydrogen) atoms. The van der Waals surface area contributed by atoms with E-state index in [1.165, 1.54) is 26.0 Å². The maximum atomic E-state index is 13.6. The molecule has 0 aliphatic rings. The quantitative estimate of drug-likeness (QED) is 0.883. The van der Waals surface area contributed by atoms with Gasteiger partial charge in [-0.25, -0.2) is 12.8 Å². The van der Waals surface area contributed by atoms with Crippen molar-refractivity contribution < 1.29 is 22.7 Å². The average molecular weight is 353 g/mol. The van der Waals surface area contributed by atoms with Crippen molar-refractivity contribution >= 4 is 31.7 Å². The monoisotopic (exact) mass is 352 g/mol. The van der Waals surface area contributed by atoms with Crippen LogP contribution in [0.5, 0.6) is 0 Å². The highest BCUT2D eigenvalue weighted by molar-refractivity contribution is 9.10. The van der Waals surface area contributed by atoms with Crippen LogP contribution in [-0.4, -0.2) is 24.7 Å². The van der Waals surface area contributed by atoms with E-state index < -0.39 is 38.5 Å². The van der Waals surface area contributed by atoms with Crippen LogP contribution in [0.2, 0.25) is 0 Å². The molecule has 0 radical (unpaired) electrons. The van der Waals surface area contributed by atoms with E-state index in [4.69, 9.17) is 5.11 Å². The van der Waals surface area contributed by atoms with E-state index in [9.17, 15) is 17.6 Å². The topological polar surface area (TPSA) is 71.4 Å². The summed E-state index contributed by atoms with van der Waals surface area (Å²) in [6.07, 6.45) is 0. The van der Waals surface area contributed by atoms with Crippen molar-refractivity contribution in [1.82, 2.24) is 0 Å². The van der Waals surface area contributed by atoms with Crippen LogP contribution < -0.4 is 0 Å². The highest BCUT2D eigenvalue weighted by Crippen LogP contribution is 2.22. The molecule has 0 heterocycles. The summed E-state index contributed by atoms with van der Waals surface area (Å²) in [6.45, 7) is 3.02. The molecular weight excluding hydrogens is 339 g/mol. The summed E-state index contributed by atoms with van der Waals surface area (Å²) in [4.78, 5) is 11.0. The lowest BCUT2D eigenvalue weighted by Gasteiger charge is -2.17. The highest BCUT2D eigenvalue weighted by atomic mass is 79.9. The molecule has 1 atom stereocenters. The Hall–Kier alpha value is -0.950. The number of aliphatic carboxylic acids is 1. The van der Waals surface area contributed by atoms with Crippen LogP contribution in [0.4, 0.5) is 4.39 Å². The average Bonchev–Trinajstić information content (AvgIpc) is 2.20. The number of benzene rings is 1. The summed E-state index contributed by atoms with van der Waals surface area (Å²) in [5.41, 5.74) is -0.0323. The Morgan fingerprint density at radius 1 is 1.42 bits per heavy atom. The number of sulfone groups is 1. The molecule has 0 aliphatic heterocycles. The van der Waals surface area contributed by atoms with Gasteiger partial charge in [-0.1, -0.05) is 35.8 Å². The Bertz CT molecular complexity index is 583. The van der Waals surface area contributed by atoms with Gasteiger partial charge >= 0.3 is 5.97 Å². The first-order valence-electron chi connectivity index (χ1n) is 5.53. The highest BCUT2D eigenvalue weighted by Gasteiger charge is 2.35. The van der Waals surface area contributed by atoms with Gasteiger partial charge in [0.1, 0.15) is 5.82 Å². The summed E-state index contributed by atoms with van der Waals surface area (Å²) < 4.78 is 38.2. The Balaban J connectivity index is 3.11. The Morgan fingerprint density at radius 3 is 2.42 bits per heavy atom. The van der Waals surface area contributed by atoms with E-state index >= 15 is 0 Å². The zero-order valence-electron chi connectivity index (χ0n) is 10.4. The van der Waals surface area contributed by atoms with E-state index in [2.05, 4.69) is 15.9 Å². The third-order valence-electron chi connectivity index (χ3n) is 2.61. The first-order chi connectivity index (χ1) is 8.65. The summed E-state index contributed by atoms with van der Waals surface area (Å²) in [7, 11) is -3.96.